The summed E-state index contributed by atoms with van der Waals surface area (Å²) in [6, 6.07) is 7.10. The van der Waals surface area contributed by atoms with Gasteiger partial charge in [0, 0.05) is 11.7 Å². The number of nitrogens with one attached hydrogen (secondary N) is 1. The van der Waals surface area contributed by atoms with Crippen LogP contribution in [-0.2, 0) is 0 Å². The summed E-state index contributed by atoms with van der Waals surface area (Å²) in [5.74, 6) is 0.998. The van der Waals surface area contributed by atoms with Crippen LogP contribution in [0.2, 0.25) is 0 Å². The van der Waals surface area contributed by atoms with Gasteiger partial charge in [-0.25, -0.2) is 0 Å². The molecule has 2 rings (SSSR count). The van der Waals surface area contributed by atoms with Crippen molar-refractivity contribution in [1.82, 2.24) is 0 Å². The Morgan fingerprint density at radius 3 is 2.73 bits per heavy atom. The van der Waals surface area contributed by atoms with Crippen LogP contribution in [0.3, 0.4) is 0 Å². The average molecular weight is 203 g/mol. The molecule has 1 heteroatoms. The minimum Gasteiger partial charge on any atom is -0.382 e. The van der Waals surface area contributed by atoms with Crippen LogP contribution in [0.5, 0.6) is 0 Å². The molecule has 1 aliphatic carbocycles. The van der Waals surface area contributed by atoms with Gasteiger partial charge in [-0.1, -0.05) is 25.0 Å². The number of anilines is 1. The Kier molecular flexibility index (Phi) is 2.99. The lowest BCUT2D eigenvalue weighted by molar-refractivity contribution is 0.642. The van der Waals surface area contributed by atoms with Gasteiger partial charge in [0.05, 0.1) is 0 Å². The van der Waals surface area contributed by atoms with Crippen LogP contribution in [-0.4, -0.2) is 6.04 Å². The summed E-state index contributed by atoms with van der Waals surface area (Å²) < 4.78 is 0. The minimum absolute atomic E-state index is 0.609. The fourth-order valence-corrected chi connectivity index (χ4v) is 2.09. The first-order valence-corrected chi connectivity index (χ1v) is 5.99. The molecule has 0 amide bonds. The molecule has 0 saturated heterocycles. The molecule has 1 nitrogen and oxygen atoms in total. The van der Waals surface area contributed by atoms with Gasteiger partial charge in [-0.05, 0) is 50.3 Å². The maximum atomic E-state index is 3.62. The zero-order valence-corrected chi connectivity index (χ0v) is 10.0. The highest BCUT2D eigenvalue weighted by atomic mass is 14.9. The van der Waals surface area contributed by atoms with E-state index in [1.54, 1.807) is 0 Å². The van der Waals surface area contributed by atoms with Crippen molar-refractivity contribution in [3.8, 4) is 0 Å². The van der Waals surface area contributed by atoms with E-state index in [1.165, 1.54) is 36.1 Å². The van der Waals surface area contributed by atoms with Gasteiger partial charge in [-0.2, -0.15) is 0 Å². The first kappa shape index (κ1) is 10.5. The number of hydrogen-bond donors (Lipinski definition) is 1. The molecular weight excluding hydrogens is 182 g/mol. The summed E-state index contributed by atoms with van der Waals surface area (Å²) in [4.78, 5) is 0. The van der Waals surface area contributed by atoms with Gasteiger partial charge in [-0.15, -0.1) is 0 Å². The van der Waals surface area contributed by atoms with E-state index in [0.29, 0.717) is 6.04 Å². The molecule has 1 aromatic carbocycles. The van der Waals surface area contributed by atoms with Gasteiger partial charge < -0.3 is 5.32 Å². The lowest BCUT2D eigenvalue weighted by Gasteiger charge is -2.17. The highest BCUT2D eigenvalue weighted by Gasteiger charge is 2.23. The maximum absolute atomic E-state index is 3.62. The van der Waals surface area contributed by atoms with Crippen molar-refractivity contribution in [2.75, 3.05) is 5.32 Å². The Balaban J connectivity index is 1.99. The van der Waals surface area contributed by atoms with E-state index in [-0.39, 0.29) is 0 Å². The van der Waals surface area contributed by atoms with E-state index in [4.69, 9.17) is 0 Å². The fraction of sp³-hybridized carbons (Fsp3) is 0.571. The zero-order chi connectivity index (χ0) is 10.8. The van der Waals surface area contributed by atoms with Crippen molar-refractivity contribution in [2.24, 2.45) is 5.92 Å². The molecule has 1 aliphatic rings. The Bertz CT molecular complexity index is 339. The van der Waals surface area contributed by atoms with Crippen LogP contribution in [0, 0.1) is 19.8 Å². The van der Waals surface area contributed by atoms with Crippen molar-refractivity contribution in [3.63, 3.8) is 0 Å². The van der Waals surface area contributed by atoms with Crippen LogP contribution in [0.25, 0.3) is 0 Å². The lowest BCUT2D eigenvalue weighted by Crippen LogP contribution is -2.16. The third kappa shape index (κ3) is 2.74. The molecule has 82 valence electrons. The monoisotopic (exact) mass is 203 g/mol. The van der Waals surface area contributed by atoms with Crippen LogP contribution in [0.4, 0.5) is 5.69 Å². The average Bonchev–Trinajstić information content (AvgIpc) is 2.97. The molecule has 1 aromatic rings. The molecule has 1 atom stereocenters. The van der Waals surface area contributed by atoms with Gasteiger partial charge >= 0.3 is 0 Å². The SMILES string of the molecule is Cc1cccc(NC(C)CC2CC2)c1C. The number of rotatable bonds is 4. The van der Waals surface area contributed by atoms with E-state index in [9.17, 15) is 0 Å². The highest BCUT2D eigenvalue weighted by molar-refractivity contribution is 5.54. The van der Waals surface area contributed by atoms with Crippen LogP contribution in [0.1, 0.15) is 37.3 Å². The Hall–Kier alpha value is -0.980. The van der Waals surface area contributed by atoms with Gasteiger partial charge in [-0.3, -0.25) is 0 Å². The number of aryl methyl sites for hydroxylation is 1. The molecule has 1 unspecified atom stereocenters. The molecule has 0 bridgehead atoms. The molecule has 0 aliphatic heterocycles. The summed E-state index contributed by atoms with van der Waals surface area (Å²) in [5.41, 5.74) is 4.07. The van der Waals surface area contributed by atoms with Crippen molar-refractivity contribution in [2.45, 2.75) is 46.1 Å². The van der Waals surface area contributed by atoms with E-state index >= 15 is 0 Å². The first-order chi connectivity index (χ1) is 7.16. The van der Waals surface area contributed by atoms with Crippen molar-refractivity contribution >= 4 is 5.69 Å². The van der Waals surface area contributed by atoms with Crippen LogP contribution < -0.4 is 5.32 Å². The predicted molar refractivity (Wildman–Crippen MR) is 66.3 cm³/mol. The Morgan fingerprint density at radius 1 is 1.33 bits per heavy atom. The summed E-state index contributed by atoms with van der Waals surface area (Å²) in [6.45, 7) is 6.66. The molecule has 0 radical (unpaired) electrons. The summed E-state index contributed by atoms with van der Waals surface area (Å²) in [7, 11) is 0. The lowest BCUT2D eigenvalue weighted by atomic mass is 10.1. The summed E-state index contributed by atoms with van der Waals surface area (Å²) in [5, 5.41) is 3.62. The predicted octanol–water partition coefficient (Wildman–Crippen LogP) is 3.90. The fourth-order valence-electron chi connectivity index (χ4n) is 2.09. The molecule has 1 fully saturated rings. The summed E-state index contributed by atoms with van der Waals surface area (Å²) in [6.07, 6.45) is 4.21. The van der Waals surface area contributed by atoms with Gasteiger partial charge in [0.15, 0.2) is 0 Å². The maximum Gasteiger partial charge on any atom is 0.0374 e. The van der Waals surface area contributed by atoms with Crippen LogP contribution >= 0.6 is 0 Å². The molecule has 0 spiro atoms. The second-order valence-corrected chi connectivity index (χ2v) is 4.97. The van der Waals surface area contributed by atoms with Crippen molar-refractivity contribution < 1.29 is 0 Å². The molecule has 15 heavy (non-hydrogen) atoms. The second-order valence-electron chi connectivity index (χ2n) is 4.97. The molecule has 0 aromatic heterocycles. The quantitative estimate of drug-likeness (QED) is 0.782. The second kappa shape index (κ2) is 4.26. The van der Waals surface area contributed by atoms with Crippen molar-refractivity contribution in [1.29, 1.82) is 0 Å². The largest absolute Gasteiger partial charge is 0.382 e. The van der Waals surface area contributed by atoms with E-state index < -0.39 is 0 Å². The zero-order valence-electron chi connectivity index (χ0n) is 10.0. The summed E-state index contributed by atoms with van der Waals surface area (Å²) >= 11 is 0. The van der Waals surface area contributed by atoms with E-state index in [2.05, 4.69) is 44.3 Å². The van der Waals surface area contributed by atoms with E-state index in [0.717, 1.165) is 5.92 Å². The topological polar surface area (TPSA) is 12.0 Å². The number of benzene rings is 1. The molecule has 0 heterocycles. The molecular formula is C14H21N. The van der Waals surface area contributed by atoms with Crippen molar-refractivity contribution in [3.05, 3.63) is 29.3 Å². The highest BCUT2D eigenvalue weighted by Crippen LogP contribution is 2.34. The van der Waals surface area contributed by atoms with Gasteiger partial charge in [0.1, 0.15) is 0 Å². The third-order valence-corrected chi connectivity index (χ3v) is 3.39. The van der Waals surface area contributed by atoms with Gasteiger partial charge in [0.2, 0.25) is 0 Å². The molecule has 1 N–H and O–H groups in total. The number of hydrogen-bond acceptors (Lipinski definition) is 1. The normalized spacial score (nSPS) is 17.5. The first-order valence-electron chi connectivity index (χ1n) is 5.99. The minimum atomic E-state index is 0.609. The smallest absolute Gasteiger partial charge is 0.0374 e. The molecule has 1 saturated carbocycles. The van der Waals surface area contributed by atoms with Crippen LogP contribution in [0.15, 0.2) is 18.2 Å². The van der Waals surface area contributed by atoms with E-state index in [1.807, 2.05) is 0 Å². The van der Waals surface area contributed by atoms with Gasteiger partial charge in [0.25, 0.3) is 0 Å². The Morgan fingerprint density at radius 2 is 2.07 bits per heavy atom. The third-order valence-electron chi connectivity index (χ3n) is 3.39. The Labute approximate surface area is 92.9 Å². The standard InChI is InChI=1S/C14H21N/c1-10-5-4-6-14(12(10)3)15-11(2)9-13-7-8-13/h4-6,11,13,15H,7-9H2,1-3H3.